The molecule has 0 radical (unpaired) electrons. The van der Waals surface area contributed by atoms with E-state index >= 15 is 0 Å². The van der Waals surface area contributed by atoms with E-state index in [1.54, 1.807) is 11.3 Å². The molecule has 3 heterocycles. The number of rotatable bonds is 2. The van der Waals surface area contributed by atoms with Gasteiger partial charge in [-0.25, -0.2) is 4.98 Å². The van der Waals surface area contributed by atoms with Gasteiger partial charge in [-0.1, -0.05) is 6.92 Å². The second-order valence-electron chi connectivity index (χ2n) is 4.39. The van der Waals surface area contributed by atoms with Gasteiger partial charge in [-0.05, 0) is 24.1 Å². The Labute approximate surface area is 106 Å². The van der Waals surface area contributed by atoms with Gasteiger partial charge in [0.15, 0.2) is 0 Å². The van der Waals surface area contributed by atoms with Gasteiger partial charge in [0.1, 0.15) is 5.82 Å². The van der Waals surface area contributed by atoms with Gasteiger partial charge in [-0.15, -0.1) is 11.3 Å². The lowest BCUT2D eigenvalue weighted by Crippen LogP contribution is -2.46. The standard InChI is InChI=1S/C13H17N3S/c1-2-15-6-8-16(9-7-15)13-11-4-10-17-12(11)3-5-14-13/h3-5,10H,2,6-9H2,1H3. The highest BCUT2D eigenvalue weighted by Gasteiger charge is 2.18. The summed E-state index contributed by atoms with van der Waals surface area (Å²) in [6.07, 6.45) is 1.93. The predicted molar refractivity (Wildman–Crippen MR) is 73.9 cm³/mol. The molecule has 0 atom stereocenters. The fourth-order valence-electron chi connectivity index (χ4n) is 2.41. The van der Waals surface area contributed by atoms with Crippen molar-refractivity contribution < 1.29 is 0 Å². The zero-order chi connectivity index (χ0) is 11.7. The molecule has 1 aliphatic rings. The Hall–Kier alpha value is -1.13. The number of hydrogen-bond donors (Lipinski definition) is 0. The topological polar surface area (TPSA) is 19.4 Å². The molecule has 1 aliphatic heterocycles. The first kappa shape index (κ1) is 11.0. The average Bonchev–Trinajstić information content (AvgIpc) is 2.87. The summed E-state index contributed by atoms with van der Waals surface area (Å²) >= 11 is 1.79. The molecule has 17 heavy (non-hydrogen) atoms. The minimum Gasteiger partial charge on any atom is -0.354 e. The first-order chi connectivity index (χ1) is 8.38. The van der Waals surface area contributed by atoms with Crippen molar-refractivity contribution in [2.75, 3.05) is 37.6 Å². The van der Waals surface area contributed by atoms with Gasteiger partial charge in [-0.3, -0.25) is 0 Å². The van der Waals surface area contributed by atoms with Crippen LogP contribution >= 0.6 is 11.3 Å². The molecule has 0 unspecified atom stereocenters. The number of anilines is 1. The van der Waals surface area contributed by atoms with Gasteiger partial charge in [-0.2, -0.15) is 0 Å². The van der Waals surface area contributed by atoms with Crippen LogP contribution in [0.5, 0.6) is 0 Å². The van der Waals surface area contributed by atoms with Crippen LogP contribution in [0.4, 0.5) is 5.82 Å². The minimum atomic E-state index is 1.09. The summed E-state index contributed by atoms with van der Waals surface area (Å²) in [4.78, 5) is 9.48. The molecule has 3 rings (SSSR count). The van der Waals surface area contributed by atoms with Crippen LogP contribution in [-0.2, 0) is 0 Å². The van der Waals surface area contributed by atoms with Crippen molar-refractivity contribution in [2.24, 2.45) is 0 Å². The molecule has 0 amide bonds. The van der Waals surface area contributed by atoms with Crippen LogP contribution in [0.3, 0.4) is 0 Å². The third-order valence-electron chi connectivity index (χ3n) is 3.48. The molecule has 0 bridgehead atoms. The molecule has 1 fully saturated rings. The van der Waals surface area contributed by atoms with E-state index in [1.807, 2.05) is 6.20 Å². The van der Waals surface area contributed by atoms with Crippen LogP contribution in [0.15, 0.2) is 23.7 Å². The van der Waals surface area contributed by atoms with Crippen molar-refractivity contribution in [1.82, 2.24) is 9.88 Å². The second kappa shape index (κ2) is 4.63. The molecule has 0 aromatic carbocycles. The second-order valence-corrected chi connectivity index (χ2v) is 5.34. The van der Waals surface area contributed by atoms with Gasteiger partial charge in [0.05, 0.1) is 0 Å². The summed E-state index contributed by atoms with van der Waals surface area (Å²) in [6.45, 7) is 7.88. The van der Waals surface area contributed by atoms with Crippen LogP contribution in [0.25, 0.3) is 10.1 Å². The number of fused-ring (bicyclic) bond motifs is 1. The van der Waals surface area contributed by atoms with Crippen molar-refractivity contribution in [1.29, 1.82) is 0 Å². The number of pyridine rings is 1. The van der Waals surface area contributed by atoms with Gasteiger partial charge in [0, 0.05) is 42.5 Å². The third kappa shape index (κ3) is 2.03. The summed E-state index contributed by atoms with van der Waals surface area (Å²) in [7, 11) is 0. The summed E-state index contributed by atoms with van der Waals surface area (Å²) in [5, 5.41) is 3.46. The van der Waals surface area contributed by atoms with Crippen LogP contribution in [0, 0.1) is 0 Å². The van der Waals surface area contributed by atoms with Gasteiger partial charge >= 0.3 is 0 Å². The highest BCUT2D eigenvalue weighted by molar-refractivity contribution is 7.17. The average molecular weight is 247 g/mol. The molecule has 2 aromatic rings. The van der Waals surface area contributed by atoms with Crippen molar-refractivity contribution in [3.8, 4) is 0 Å². The van der Waals surface area contributed by atoms with E-state index in [9.17, 15) is 0 Å². The monoisotopic (exact) mass is 247 g/mol. The number of aromatic nitrogens is 1. The SMILES string of the molecule is CCN1CCN(c2nccc3sccc23)CC1. The summed E-state index contributed by atoms with van der Waals surface area (Å²) < 4.78 is 1.34. The normalized spacial score (nSPS) is 17.8. The first-order valence-corrected chi connectivity index (χ1v) is 7.06. The van der Waals surface area contributed by atoms with E-state index in [0.29, 0.717) is 0 Å². The summed E-state index contributed by atoms with van der Waals surface area (Å²) in [6, 6.07) is 4.29. The maximum Gasteiger partial charge on any atom is 0.137 e. The van der Waals surface area contributed by atoms with Crippen molar-refractivity contribution in [3.05, 3.63) is 23.7 Å². The molecule has 90 valence electrons. The Morgan fingerprint density at radius 2 is 2.06 bits per heavy atom. The number of hydrogen-bond acceptors (Lipinski definition) is 4. The lowest BCUT2D eigenvalue weighted by Gasteiger charge is -2.35. The molecule has 3 nitrogen and oxygen atoms in total. The lowest BCUT2D eigenvalue weighted by atomic mass is 10.2. The van der Waals surface area contributed by atoms with E-state index in [4.69, 9.17) is 0 Å². The highest BCUT2D eigenvalue weighted by atomic mass is 32.1. The predicted octanol–water partition coefficient (Wildman–Crippen LogP) is 2.44. The third-order valence-corrected chi connectivity index (χ3v) is 4.36. The largest absolute Gasteiger partial charge is 0.354 e. The van der Waals surface area contributed by atoms with Crippen LogP contribution in [-0.4, -0.2) is 42.6 Å². The van der Waals surface area contributed by atoms with Crippen molar-refractivity contribution >= 4 is 27.2 Å². The van der Waals surface area contributed by atoms with E-state index in [-0.39, 0.29) is 0 Å². The first-order valence-electron chi connectivity index (χ1n) is 6.18. The molecular formula is C13H17N3S. The highest BCUT2D eigenvalue weighted by Crippen LogP contribution is 2.28. The van der Waals surface area contributed by atoms with Gasteiger partial charge in [0.25, 0.3) is 0 Å². The van der Waals surface area contributed by atoms with Crippen molar-refractivity contribution in [2.45, 2.75) is 6.92 Å². The Bertz CT molecular complexity index is 500. The number of nitrogens with zero attached hydrogens (tertiary/aromatic N) is 3. The zero-order valence-corrected chi connectivity index (χ0v) is 10.9. The maximum atomic E-state index is 4.57. The minimum absolute atomic E-state index is 1.09. The lowest BCUT2D eigenvalue weighted by molar-refractivity contribution is 0.271. The summed E-state index contributed by atoms with van der Waals surface area (Å²) in [5.41, 5.74) is 0. The van der Waals surface area contributed by atoms with E-state index in [2.05, 4.69) is 39.2 Å². The molecule has 0 N–H and O–H groups in total. The molecule has 2 aromatic heterocycles. The molecule has 0 aliphatic carbocycles. The molecular weight excluding hydrogens is 230 g/mol. The van der Waals surface area contributed by atoms with Crippen LogP contribution < -0.4 is 4.90 Å². The van der Waals surface area contributed by atoms with E-state index in [1.165, 1.54) is 15.9 Å². The Morgan fingerprint density at radius 3 is 2.82 bits per heavy atom. The number of likely N-dealkylation sites (N-methyl/N-ethyl adjacent to an activating group) is 1. The Morgan fingerprint density at radius 1 is 1.24 bits per heavy atom. The Balaban J connectivity index is 1.87. The molecule has 4 heteroatoms. The molecule has 1 saturated heterocycles. The zero-order valence-electron chi connectivity index (χ0n) is 10.1. The Kier molecular flexibility index (Phi) is 2.99. The smallest absolute Gasteiger partial charge is 0.137 e. The number of thiophene rings is 1. The number of piperazine rings is 1. The van der Waals surface area contributed by atoms with E-state index in [0.717, 1.165) is 32.7 Å². The van der Waals surface area contributed by atoms with Crippen LogP contribution in [0.1, 0.15) is 6.92 Å². The van der Waals surface area contributed by atoms with E-state index < -0.39 is 0 Å². The molecule has 0 spiro atoms. The fraction of sp³-hybridized carbons (Fsp3) is 0.462. The quantitative estimate of drug-likeness (QED) is 0.812. The summed E-state index contributed by atoms with van der Waals surface area (Å²) in [5.74, 6) is 1.17. The van der Waals surface area contributed by atoms with Crippen LogP contribution in [0.2, 0.25) is 0 Å². The van der Waals surface area contributed by atoms with Gasteiger partial charge < -0.3 is 9.80 Å². The fourth-order valence-corrected chi connectivity index (χ4v) is 3.18. The molecule has 0 saturated carbocycles. The maximum absolute atomic E-state index is 4.57. The van der Waals surface area contributed by atoms with Crippen molar-refractivity contribution in [3.63, 3.8) is 0 Å². The van der Waals surface area contributed by atoms with Gasteiger partial charge in [0.2, 0.25) is 0 Å².